The van der Waals surface area contributed by atoms with Crippen molar-refractivity contribution < 1.29 is 5.48 Å². The Morgan fingerprint density at radius 3 is 2.00 bits per heavy atom. The van der Waals surface area contributed by atoms with E-state index in [0.29, 0.717) is 6.04 Å². The molecule has 0 amide bonds. The lowest BCUT2D eigenvalue weighted by Gasteiger charge is -2.03. The fraction of sp³-hybridized carbons (Fsp3) is 1.00. The van der Waals surface area contributed by atoms with Gasteiger partial charge < -0.3 is 11.2 Å². The summed E-state index contributed by atoms with van der Waals surface area (Å²) in [5.74, 6) is 0. The van der Waals surface area contributed by atoms with E-state index in [1.54, 1.807) is 0 Å². The number of nitrogens with two attached hydrogens (primary N) is 1. The topological polar surface area (TPSA) is 57.5 Å². The first-order valence-electron chi connectivity index (χ1n) is 5.03. The molecule has 0 heterocycles. The summed E-state index contributed by atoms with van der Waals surface area (Å²) in [5.41, 5.74) is 5.63. The molecule has 2 heteroatoms. The first-order chi connectivity index (χ1) is 5.27. The van der Waals surface area contributed by atoms with Crippen molar-refractivity contribution in [3.63, 3.8) is 0 Å². The standard InChI is InChI=1S/C10H23N.H2O/c1-3-4-5-6-7-8-9-10(2)11;/h10H,3-9,11H2,1-2H3;1H2. The maximum Gasteiger partial charge on any atom is 0.00104 e. The van der Waals surface area contributed by atoms with Crippen molar-refractivity contribution in [1.82, 2.24) is 0 Å². The molecular formula is C10H25NO. The second kappa shape index (κ2) is 10.9. The van der Waals surface area contributed by atoms with E-state index in [1.165, 1.54) is 44.9 Å². The van der Waals surface area contributed by atoms with Gasteiger partial charge in [-0.05, 0) is 13.3 Å². The van der Waals surface area contributed by atoms with Gasteiger partial charge in [-0.3, -0.25) is 0 Å². The van der Waals surface area contributed by atoms with Crippen molar-refractivity contribution in [2.45, 2.75) is 64.8 Å². The Labute approximate surface area is 76.8 Å². The number of unbranched alkanes of at least 4 members (excludes halogenated alkanes) is 5. The molecule has 4 N–H and O–H groups in total. The highest BCUT2D eigenvalue weighted by Gasteiger charge is 1.93. The predicted molar refractivity (Wildman–Crippen MR) is 55.3 cm³/mol. The summed E-state index contributed by atoms with van der Waals surface area (Å²) >= 11 is 0. The third-order valence-electron chi connectivity index (χ3n) is 2.01. The van der Waals surface area contributed by atoms with Crippen LogP contribution < -0.4 is 5.73 Å². The average Bonchev–Trinajstić information content (AvgIpc) is 1.96. The summed E-state index contributed by atoms with van der Waals surface area (Å²) < 4.78 is 0. The fourth-order valence-electron chi connectivity index (χ4n) is 1.25. The lowest BCUT2D eigenvalue weighted by atomic mass is 10.1. The molecule has 0 aliphatic heterocycles. The first kappa shape index (κ1) is 14.4. The van der Waals surface area contributed by atoms with Crippen molar-refractivity contribution in [3.05, 3.63) is 0 Å². The Hall–Kier alpha value is -0.0800. The van der Waals surface area contributed by atoms with Crippen molar-refractivity contribution >= 4 is 0 Å². The number of hydrogen-bond acceptors (Lipinski definition) is 1. The van der Waals surface area contributed by atoms with Gasteiger partial charge in [-0.1, -0.05) is 45.4 Å². The van der Waals surface area contributed by atoms with Gasteiger partial charge in [0.15, 0.2) is 0 Å². The van der Waals surface area contributed by atoms with Crippen LogP contribution in [0.4, 0.5) is 0 Å². The van der Waals surface area contributed by atoms with E-state index in [0.717, 1.165) is 0 Å². The number of rotatable bonds is 7. The van der Waals surface area contributed by atoms with Gasteiger partial charge in [0, 0.05) is 6.04 Å². The van der Waals surface area contributed by atoms with Crippen molar-refractivity contribution in [2.75, 3.05) is 0 Å². The van der Waals surface area contributed by atoms with Gasteiger partial charge in [0.25, 0.3) is 0 Å². The molecule has 76 valence electrons. The van der Waals surface area contributed by atoms with Gasteiger partial charge in [0.2, 0.25) is 0 Å². The highest BCUT2D eigenvalue weighted by Crippen LogP contribution is 2.07. The van der Waals surface area contributed by atoms with Crippen molar-refractivity contribution in [1.29, 1.82) is 0 Å². The Kier molecular flexibility index (Phi) is 13.1. The molecule has 0 aromatic heterocycles. The minimum Gasteiger partial charge on any atom is -0.412 e. The Bertz CT molecular complexity index is 74.2. The molecule has 0 bridgehead atoms. The molecule has 2 nitrogen and oxygen atoms in total. The van der Waals surface area contributed by atoms with E-state index in [2.05, 4.69) is 13.8 Å². The normalized spacial score (nSPS) is 12.2. The molecule has 0 saturated carbocycles. The Balaban J connectivity index is 0. The zero-order valence-electron chi connectivity index (χ0n) is 8.60. The maximum absolute atomic E-state index is 5.63. The van der Waals surface area contributed by atoms with E-state index in [4.69, 9.17) is 5.73 Å². The molecule has 0 saturated heterocycles. The summed E-state index contributed by atoms with van der Waals surface area (Å²) in [6.07, 6.45) is 9.45. The third-order valence-corrected chi connectivity index (χ3v) is 2.01. The van der Waals surface area contributed by atoms with E-state index in [-0.39, 0.29) is 5.48 Å². The average molecular weight is 175 g/mol. The second-order valence-electron chi connectivity index (χ2n) is 3.53. The minimum atomic E-state index is 0. The van der Waals surface area contributed by atoms with Gasteiger partial charge in [0.05, 0.1) is 0 Å². The van der Waals surface area contributed by atoms with Crippen LogP contribution in [0.3, 0.4) is 0 Å². The molecule has 0 aromatic carbocycles. The maximum atomic E-state index is 5.63. The van der Waals surface area contributed by atoms with Gasteiger partial charge in [-0.25, -0.2) is 0 Å². The highest BCUT2D eigenvalue weighted by molar-refractivity contribution is 4.53. The summed E-state index contributed by atoms with van der Waals surface area (Å²) in [4.78, 5) is 0. The monoisotopic (exact) mass is 175 g/mol. The van der Waals surface area contributed by atoms with Crippen LogP contribution in [-0.4, -0.2) is 11.5 Å². The van der Waals surface area contributed by atoms with Crippen molar-refractivity contribution in [2.24, 2.45) is 5.73 Å². The van der Waals surface area contributed by atoms with Gasteiger partial charge in [-0.2, -0.15) is 0 Å². The van der Waals surface area contributed by atoms with Crippen molar-refractivity contribution in [3.8, 4) is 0 Å². The number of hydrogen-bond donors (Lipinski definition) is 1. The molecule has 0 radical (unpaired) electrons. The minimum absolute atomic E-state index is 0. The molecule has 0 aromatic rings. The van der Waals surface area contributed by atoms with Crippen LogP contribution >= 0.6 is 0 Å². The second-order valence-corrected chi connectivity index (χ2v) is 3.53. The van der Waals surface area contributed by atoms with Crippen LogP contribution in [0.25, 0.3) is 0 Å². The quantitative estimate of drug-likeness (QED) is 0.593. The smallest absolute Gasteiger partial charge is 0.00104 e. The summed E-state index contributed by atoms with van der Waals surface area (Å²) in [7, 11) is 0. The van der Waals surface area contributed by atoms with Crippen LogP contribution in [0.15, 0.2) is 0 Å². The summed E-state index contributed by atoms with van der Waals surface area (Å²) in [5, 5.41) is 0. The molecule has 0 spiro atoms. The lowest BCUT2D eigenvalue weighted by molar-refractivity contribution is 0.554. The largest absolute Gasteiger partial charge is 0.412 e. The van der Waals surface area contributed by atoms with Crippen LogP contribution in [-0.2, 0) is 0 Å². The molecule has 1 atom stereocenters. The molecular weight excluding hydrogens is 150 g/mol. The fourth-order valence-corrected chi connectivity index (χ4v) is 1.25. The molecule has 1 unspecified atom stereocenters. The van der Waals surface area contributed by atoms with Crippen LogP contribution in [0.2, 0.25) is 0 Å². The predicted octanol–water partition coefficient (Wildman–Crippen LogP) is 2.26. The Morgan fingerprint density at radius 1 is 1.00 bits per heavy atom. The molecule has 0 fully saturated rings. The molecule has 12 heavy (non-hydrogen) atoms. The van der Waals surface area contributed by atoms with E-state index < -0.39 is 0 Å². The SMILES string of the molecule is CCCCCCCCC(C)N.O. The third kappa shape index (κ3) is 12.6. The Morgan fingerprint density at radius 2 is 1.50 bits per heavy atom. The first-order valence-corrected chi connectivity index (χ1v) is 5.03. The summed E-state index contributed by atoms with van der Waals surface area (Å²) in [6, 6.07) is 0.404. The van der Waals surface area contributed by atoms with Crippen LogP contribution in [0.1, 0.15) is 58.8 Å². The molecule has 0 aliphatic rings. The lowest BCUT2D eigenvalue weighted by Crippen LogP contribution is -2.13. The zero-order valence-corrected chi connectivity index (χ0v) is 8.60. The van der Waals surface area contributed by atoms with E-state index in [9.17, 15) is 0 Å². The molecule has 0 aliphatic carbocycles. The summed E-state index contributed by atoms with van der Waals surface area (Å²) in [6.45, 7) is 4.34. The van der Waals surface area contributed by atoms with Gasteiger partial charge >= 0.3 is 0 Å². The molecule has 0 rings (SSSR count). The zero-order chi connectivity index (χ0) is 8.53. The highest BCUT2D eigenvalue weighted by atomic mass is 16.0. The van der Waals surface area contributed by atoms with Crippen LogP contribution in [0.5, 0.6) is 0 Å². The van der Waals surface area contributed by atoms with E-state index in [1.807, 2.05) is 0 Å². The van der Waals surface area contributed by atoms with E-state index >= 15 is 0 Å². The van der Waals surface area contributed by atoms with Crippen LogP contribution in [0, 0.1) is 0 Å². The van der Waals surface area contributed by atoms with Gasteiger partial charge in [0.1, 0.15) is 0 Å². The van der Waals surface area contributed by atoms with Gasteiger partial charge in [-0.15, -0.1) is 0 Å².